The van der Waals surface area contributed by atoms with Crippen molar-refractivity contribution in [3.63, 3.8) is 0 Å². The Labute approximate surface area is 161 Å². The minimum Gasteiger partial charge on any atom is -0.329 e. The van der Waals surface area contributed by atoms with Crippen molar-refractivity contribution < 1.29 is 4.79 Å². The molecule has 0 unspecified atom stereocenters. The topological polar surface area (TPSA) is 58.1 Å². The monoisotopic (exact) mass is 386 g/mol. The number of aryl methyl sites for hydroxylation is 1. The van der Waals surface area contributed by atoms with Crippen LogP contribution in [0.5, 0.6) is 0 Å². The number of halogens is 2. The van der Waals surface area contributed by atoms with Gasteiger partial charge in [-0.3, -0.25) is 4.79 Å². The highest BCUT2D eigenvalue weighted by atomic mass is 35.5. The SMILES string of the molecule is Cc1nc(C(=O)Nc2cc(Cl)ccc2Cl)cc(N(C)c2ccccc2)n1. The number of aromatic nitrogens is 2. The summed E-state index contributed by atoms with van der Waals surface area (Å²) in [6, 6.07) is 16.2. The van der Waals surface area contributed by atoms with Gasteiger partial charge in [0.25, 0.3) is 5.91 Å². The first-order chi connectivity index (χ1) is 12.4. The zero-order valence-electron chi connectivity index (χ0n) is 14.2. The van der Waals surface area contributed by atoms with Crippen molar-refractivity contribution in [1.29, 1.82) is 0 Å². The summed E-state index contributed by atoms with van der Waals surface area (Å²) in [4.78, 5) is 23.2. The quantitative estimate of drug-likeness (QED) is 0.676. The third-order valence-electron chi connectivity index (χ3n) is 3.72. The lowest BCUT2D eigenvalue weighted by molar-refractivity contribution is 0.102. The molecule has 0 atom stereocenters. The number of carbonyl (C=O) groups is 1. The van der Waals surface area contributed by atoms with E-state index in [0.29, 0.717) is 27.4 Å². The molecule has 0 spiro atoms. The summed E-state index contributed by atoms with van der Waals surface area (Å²) in [5.74, 6) is 0.723. The predicted molar refractivity (Wildman–Crippen MR) is 106 cm³/mol. The van der Waals surface area contributed by atoms with Gasteiger partial charge in [0, 0.05) is 23.8 Å². The zero-order valence-corrected chi connectivity index (χ0v) is 15.7. The second kappa shape index (κ2) is 7.72. The maximum atomic E-state index is 12.6. The van der Waals surface area contributed by atoms with Gasteiger partial charge in [-0.1, -0.05) is 41.4 Å². The molecule has 0 aliphatic carbocycles. The number of nitrogens with zero attached hydrogens (tertiary/aromatic N) is 3. The van der Waals surface area contributed by atoms with Gasteiger partial charge < -0.3 is 10.2 Å². The first-order valence-corrected chi connectivity index (χ1v) is 8.60. The van der Waals surface area contributed by atoms with Crippen LogP contribution in [0.15, 0.2) is 54.6 Å². The lowest BCUT2D eigenvalue weighted by atomic mass is 10.2. The lowest BCUT2D eigenvalue weighted by Gasteiger charge is -2.19. The first-order valence-electron chi connectivity index (χ1n) is 7.85. The Morgan fingerprint density at radius 3 is 2.50 bits per heavy atom. The van der Waals surface area contributed by atoms with E-state index in [4.69, 9.17) is 23.2 Å². The number of para-hydroxylation sites is 1. The largest absolute Gasteiger partial charge is 0.329 e. The van der Waals surface area contributed by atoms with E-state index < -0.39 is 0 Å². The summed E-state index contributed by atoms with van der Waals surface area (Å²) in [5.41, 5.74) is 1.62. The van der Waals surface area contributed by atoms with E-state index in [1.54, 1.807) is 31.2 Å². The number of rotatable bonds is 4. The summed E-state index contributed by atoms with van der Waals surface area (Å²) in [7, 11) is 1.88. The fourth-order valence-electron chi connectivity index (χ4n) is 2.40. The molecule has 0 saturated heterocycles. The van der Waals surface area contributed by atoms with Gasteiger partial charge in [0.15, 0.2) is 0 Å². The number of carbonyl (C=O) groups excluding carboxylic acids is 1. The third kappa shape index (κ3) is 4.12. The predicted octanol–water partition coefficient (Wildman–Crippen LogP) is 5.11. The molecule has 132 valence electrons. The van der Waals surface area contributed by atoms with Crippen LogP contribution in [0.3, 0.4) is 0 Å². The Bertz CT molecular complexity index is 948. The number of benzene rings is 2. The second-order valence-electron chi connectivity index (χ2n) is 5.63. The van der Waals surface area contributed by atoms with E-state index in [0.717, 1.165) is 5.69 Å². The number of amides is 1. The van der Waals surface area contributed by atoms with Crippen molar-refractivity contribution in [1.82, 2.24) is 9.97 Å². The van der Waals surface area contributed by atoms with Gasteiger partial charge in [-0.05, 0) is 37.3 Å². The lowest BCUT2D eigenvalue weighted by Crippen LogP contribution is -2.18. The molecule has 0 fully saturated rings. The van der Waals surface area contributed by atoms with Crippen LogP contribution < -0.4 is 10.2 Å². The maximum absolute atomic E-state index is 12.6. The first kappa shape index (κ1) is 18.2. The molecule has 1 N–H and O–H groups in total. The highest BCUT2D eigenvalue weighted by molar-refractivity contribution is 6.35. The Morgan fingerprint density at radius 2 is 1.77 bits per heavy atom. The van der Waals surface area contributed by atoms with Gasteiger partial charge in [0.2, 0.25) is 0 Å². The van der Waals surface area contributed by atoms with E-state index in [2.05, 4.69) is 15.3 Å². The fraction of sp³-hybridized carbons (Fsp3) is 0.105. The Kier molecular flexibility index (Phi) is 5.40. The standard InChI is InChI=1S/C19H16Cl2N4O/c1-12-22-17(19(26)24-16-10-13(20)8-9-15(16)21)11-18(23-12)25(2)14-6-4-3-5-7-14/h3-11H,1-2H3,(H,24,26). The smallest absolute Gasteiger partial charge is 0.274 e. The molecule has 26 heavy (non-hydrogen) atoms. The summed E-state index contributed by atoms with van der Waals surface area (Å²) < 4.78 is 0. The molecule has 3 rings (SSSR count). The van der Waals surface area contributed by atoms with Crippen LogP contribution in [0.25, 0.3) is 0 Å². The summed E-state index contributed by atoms with van der Waals surface area (Å²) in [6.07, 6.45) is 0. The molecule has 0 aliphatic rings. The highest BCUT2D eigenvalue weighted by Gasteiger charge is 2.15. The molecule has 0 bridgehead atoms. The van der Waals surface area contributed by atoms with Crippen molar-refractivity contribution in [3.8, 4) is 0 Å². The molecule has 1 amide bonds. The van der Waals surface area contributed by atoms with Crippen LogP contribution >= 0.6 is 23.2 Å². The van der Waals surface area contributed by atoms with E-state index in [9.17, 15) is 4.79 Å². The van der Waals surface area contributed by atoms with Crippen LogP contribution in [0.1, 0.15) is 16.3 Å². The molecule has 5 nitrogen and oxygen atoms in total. The van der Waals surface area contributed by atoms with Crippen molar-refractivity contribution in [2.75, 3.05) is 17.3 Å². The zero-order chi connectivity index (χ0) is 18.7. The minimum atomic E-state index is -0.387. The van der Waals surface area contributed by atoms with Crippen molar-refractivity contribution in [2.45, 2.75) is 6.92 Å². The molecular formula is C19H16Cl2N4O. The normalized spacial score (nSPS) is 10.5. The molecule has 0 aliphatic heterocycles. The number of hydrogen-bond acceptors (Lipinski definition) is 4. The van der Waals surface area contributed by atoms with E-state index in [-0.39, 0.29) is 11.6 Å². The van der Waals surface area contributed by atoms with Gasteiger partial charge in [0.05, 0.1) is 10.7 Å². The summed E-state index contributed by atoms with van der Waals surface area (Å²) in [5, 5.41) is 3.61. The Hall–Kier alpha value is -2.63. The average Bonchev–Trinajstić information content (AvgIpc) is 2.64. The fourth-order valence-corrected chi connectivity index (χ4v) is 2.74. The van der Waals surface area contributed by atoms with E-state index in [1.165, 1.54) is 0 Å². The average molecular weight is 387 g/mol. The summed E-state index contributed by atoms with van der Waals surface area (Å²) >= 11 is 12.1. The third-order valence-corrected chi connectivity index (χ3v) is 4.29. The van der Waals surface area contributed by atoms with Crippen molar-refractivity contribution >= 4 is 46.3 Å². The van der Waals surface area contributed by atoms with Crippen LogP contribution in [-0.2, 0) is 0 Å². The van der Waals surface area contributed by atoms with Gasteiger partial charge in [-0.2, -0.15) is 0 Å². The maximum Gasteiger partial charge on any atom is 0.274 e. The van der Waals surface area contributed by atoms with Crippen molar-refractivity contribution in [2.24, 2.45) is 0 Å². The molecule has 3 aromatic rings. The number of anilines is 3. The van der Waals surface area contributed by atoms with E-state index >= 15 is 0 Å². The summed E-state index contributed by atoms with van der Waals surface area (Å²) in [6.45, 7) is 1.74. The van der Waals surface area contributed by atoms with Crippen LogP contribution in [0.2, 0.25) is 10.0 Å². The van der Waals surface area contributed by atoms with Gasteiger partial charge in [-0.25, -0.2) is 9.97 Å². The number of hydrogen-bond donors (Lipinski definition) is 1. The molecule has 0 radical (unpaired) electrons. The van der Waals surface area contributed by atoms with Crippen LogP contribution in [-0.4, -0.2) is 22.9 Å². The molecule has 7 heteroatoms. The molecule has 1 heterocycles. The Balaban J connectivity index is 1.89. The van der Waals surface area contributed by atoms with E-state index in [1.807, 2.05) is 42.3 Å². The van der Waals surface area contributed by atoms with Crippen LogP contribution in [0.4, 0.5) is 17.2 Å². The molecule has 0 saturated carbocycles. The van der Waals surface area contributed by atoms with Crippen LogP contribution in [0, 0.1) is 6.92 Å². The molecule has 1 aromatic heterocycles. The van der Waals surface area contributed by atoms with Crippen molar-refractivity contribution in [3.05, 3.63) is 76.2 Å². The van der Waals surface area contributed by atoms with Gasteiger partial charge >= 0.3 is 0 Å². The molecule has 2 aromatic carbocycles. The Morgan fingerprint density at radius 1 is 1.04 bits per heavy atom. The van der Waals surface area contributed by atoms with Gasteiger partial charge in [0.1, 0.15) is 17.3 Å². The second-order valence-corrected chi connectivity index (χ2v) is 6.48. The minimum absolute atomic E-state index is 0.242. The highest BCUT2D eigenvalue weighted by Crippen LogP contribution is 2.26. The van der Waals surface area contributed by atoms with Gasteiger partial charge in [-0.15, -0.1) is 0 Å². The number of nitrogens with one attached hydrogen (secondary N) is 1. The molecular weight excluding hydrogens is 371 g/mol.